The Morgan fingerprint density at radius 3 is 2.60 bits per heavy atom. The summed E-state index contributed by atoms with van der Waals surface area (Å²) in [6.07, 6.45) is 0.0260. The highest BCUT2D eigenvalue weighted by Gasteiger charge is 2.31. The standard InChI is InChI=1S/C18H16FN3O2S/c19-13-6-8-14(9-7-13)21-16(23)10-15-17(24)22-18(25-15)20-11-12-4-2-1-3-5-12/h1-9,15H,10-11H2,(H,21,23)(H,20,22,24)/t15-/m1/s1. The molecular weight excluding hydrogens is 341 g/mol. The number of hydrogen-bond donors (Lipinski definition) is 2. The second-order valence-corrected chi connectivity index (χ2v) is 6.65. The lowest BCUT2D eigenvalue weighted by Gasteiger charge is -2.07. The fourth-order valence-corrected chi connectivity index (χ4v) is 3.24. The predicted octanol–water partition coefficient (Wildman–Crippen LogP) is 2.94. The van der Waals surface area contributed by atoms with Crippen molar-refractivity contribution in [1.29, 1.82) is 0 Å². The van der Waals surface area contributed by atoms with Crippen LogP contribution >= 0.6 is 11.8 Å². The number of carbonyl (C=O) groups excluding carboxylic acids is 2. The first-order valence-corrected chi connectivity index (χ1v) is 8.59. The van der Waals surface area contributed by atoms with Gasteiger partial charge in [0, 0.05) is 12.1 Å². The average molecular weight is 357 g/mol. The molecule has 0 unspecified atom stereocenters. The molecule has 1 aliphatic heterocycles. The summed E-state index contributed by atoms with van der Waals surface area (Å²) >= 11 is 1.25. The number of benzene rings is 2. The molecule has 1 saturated heterocycles. The number of amides is 2. The topological polar surface area (TPSA) is 70.6 Å². The quantitative estimate of drug-likeness (QED) is 0.864. The maximum absolute atomic E-state index is 12.9. The van der Waals surface area contributed by atoms with Crippen molar-refractivity contribution in [3.63, 3.8) is 0 Å². The van der Waals surface area contributed by atoms with E-state index in [-0.39, 0.29) is 24.1 Å². The van der Waals surface area contributed by atoms with Gasteiger partial charge in [0.2, 0.25) is 11.8 Å². The third kappa shape index (κ3) is 4.90. The number of halogens is 1. The van der Waals surface area contributed by atoms with Crippen LogP contribution < -0.4 is 10.6 Å². The number of rotatable bonds is 5. The summed E-state index contributed by atoms with van der Waals surface area (Å²) < 4.78 is 12.9. The summed E-state index contributed by atoms with van der Waals surface area (Å²) in [6, 6.07) is 15.2. The average Bonchev–Trinajstić information content (AvgIpc) is 2.96. The van der Waals surface area contributed by atoms with Crippen LogP contribution in [0.4, 0.5) is 10.1 Å². The number of thioether (sulfide) groups is 1. The smallest absolute Gasteiger partial charge is 0.240 e. The molecule has 0 saturated carbocycles. The zero-order valence-electron chi connectivity index (χ0n) is 13.2. The molecule has 25 heavy (non-hydrogen) atoms. The molecule has 7 heteroatoms. The predicted molar refractivity (Wildman–Crippen MR) is 96.7 cm³/mol. The second-order valence-electron chi connectivity index (χ2n) is 5.46. The van der Waals surface area contributed by atoms with Crippen molar-refractivity contribution in [2.75, 3.05) is 5.32 Å². The van der Waals surface area contributed by atoms with Crippen LogP contribution in [0.5, 0.6) is 0 Å². The van der Waals surface area contributed by atoms with Crippen LogP contribution in [0.2, 0.25) is 0 Å². The Labute approximate surface area is 148 Å². The van der Waals surface area contributed by atoms with Crippen molar-refractivity contribution < 1.29 is 14.0 Å². The number of aliphatic imine (C=N–C) groups is 1. The fraction of sp³-hybridized carbons (Fsp3) is 0.167. The van der Waals surface area contributed by atoms with E-state index >= 15 is 0 Å². The number of carbonyl (C=O) groups is 2. The maximum Gasteiger partial charge on any atom is 0.240 e. The molecule has 0 bridgehead atoms. The van der Waals surface area contributed by atoms with E-state index in [1.807, 2.05) is 30.3 Å². The van der Waals surface area contributed by atoms with E-state index in [1.165, 1.54) is 36.0 Å². The van der Waals surface area contributed by atoms with E-state index in [9.17, 15) is 14.0 Å². The molecule has 5 nitrogen and oxygen atoms in total. The van der Waals surface area contributed by atoms with E-state index in [0.29, 0.717) is 17.4 Å². The summed E-state index contributed by atoms with van der Waals surface area (Å²) in [5, 5.41) is 5.35. The largest absolute Gasteiger partial charge is 0.326 e. The molecule has 1 aliphatic rings. The molecule has 2 N–H and O–H groups in total. The van der Waals surface area contributed by atoms with Crippen molar-refractivity contribution in [2.24, 2.45) is 4.99 Å². The lowest BCUT2D eigenvalue weighted by atomic mass is 10.2. The van der Waals surface area contributed by atoms with Crippen molar-refractivity contribution in [3.05, 3.63) is 66.0 Å². The Morgan fingerprint density at radius 1 is 1.16 bits per heavy atom. The first-order chi connectivity index (χ1) is 12.1. The van der Waals surface area contributed by atoms with Gasteiger partial charge in [0.1, 0.15) is 11.1 Å². The summed E-state index contributed by atoms with van der Waals surface area (Å²) in [6.45, 7) is 0.470. The second kappa shape index (κ2) is 7.94. The van der Waals surface area contributed by atoms with Gasteiger partial charge in [-0.3, -0.25) is 14.6 Å². The minimum absolute atomic E-state index is 0.0260. The molecule has 0 aliphatic carbocycles. The highest BCUT2D eigenvalue weighted by atomic mass is 32.2. The molecule has 128 valence electrons. The van der Waals surface area contributed by atoms with Crippen LogP contribution in [-0.2, 0) is 16.1 Å². The molecule has 2 amide bonds. The minimum atomic E-state index is -0.519. The molecule has 2 aromatic rings. The zero-order chi connectivity index (χ0) is 17.6. The SMILES string of the molecule is O=C(C[C@H]1SC(=NCc2ccccc2)NC1=O)Nc1ccc(F)cc1. The van der Waals surface area contributed by atoms with Crippen LogP contribution in [0.25, 0.3) is 0 Å². The lowest BCUT2D eigenvalue weighted by molar-refractivity contribution is -0.122. The summed E-state index contributed by atoms with van der Waals surface area (Å²) in [4.78, 5) is 28.4. The molecule has 0 aromatic heterocycles. The summed E-state index contributed by atoms with van der Waals surface area (Å²) in [7, 11) is 0. The molecule has 1 fully saturated rings. The Balaban J connectivity index is 1.53. The van der Waals surface area contributed by atoms with Crippen LogP contribution in [0, 0.1) is 5.82 Å². The Kier molecular flexibility index (Phi) is 5.45. The number of amidine groups is 1. The lowest BCUT2D eigenvalue weighted by Crippen LogP contribution is -2.28. The van der Waals surface area contributed by atoms with Gasteiger partial charge in [0.25, 0.3) is 0 Å². The first kappa shape index (κ1) is 17.2. The number of anilines is 1. The molecular formula is C18H16FN3O2S. The van der Waals surface area contributed by atoms with Gasteiger partial charge in [0.05, 0.1) is 6.54 Å². The van der Waals surface area contributed by atoms with Crippen molar-refractivity contribution in [2.45, 2.75) is 18.2 Å². The number of hydrogen-bond acceptors (Lipinski definition) is 4. The monoisotopic (exact) mass is 357 g/mol. The normalized spacial score (nSPS) is 18.2. The van der Waals surface area contributed by atoms with Gasteiger partial charge in [-0.25, -0.2) is 4.39 Å². The van der Waals surface area contributed by atoms with Gasteiger partial charge in [-0.2, -0.15) is 0 Å². The molecule has 2 aromatic carbocycles. The first-order valence-electron chi connectivity index (χ1n) is 7.71. The van der Waals surface area contributed by atoms with E-state index in [2.05, 4.69) is 15.6 Å². The van der Waals surface area contributed by atoms with Crippen molar-refractivity contribution >= 4 is 34.4 Å². The van der Waals surface area contributed by atoms with Crippen molar-refractivity contribution in [3.8, 4) is 0 Å². The molecule has 0 spiro atoms. The van der Waals surface area contributed by atoms with Crippen LogP contribution in [0.1, 0.15) is 12.0 Å². The van der Waals surface area contributed by atoms with Gasteiger partial charge in [-0.05, 0) is 29.8 Å². The van der Waals surface area contributed by atoms with E-state index in [1.54, 1.807) is 0 Å². The van der Waals surface area contributed by atoms with E-state index in [4.69, 9.17) is 0 Å². The molecule has 1 heterocycles. The molecule has 1 atom stereocenters. The van der Waals surface area contributed by atoms with Crippen LogP contribution in [-0.4, -0.2) is 22.2 Å². The van der Waals surface area contributed by atoms with E-state index in [0.717, 1.165) is 5.56 Å². The van der Waals surface area contributed by atoms with Crippen LogP contribution in [0.3, 0.4) is 0 Å². The van der Waals surface area contributed by atoms with Crippen LogP contribution in [0.15, 0.2) is 59.6 Å². The fourth-order valence-electron chi connectivity index (χ4n) is 2.27. The van der Waals surface area contributed by atoms with Crippen molar-refractivity contribution in [1.82, 2.24) is 5.32 Å². The third-order valence-electron chi connectivity index (χ3n) is 3.52. The highest BCUT2D eigenvalue weighted by Crippen LogP contribution is 2.23. The molecule has 0 radical (unpaired) electrons. The minimum Gasteiger partial charge on any atom is -0.326 e. The Hall–Kier alpha value is -2.67. The molecule has 3 rings (SSSR count). The zero-order valence-corrected chi connectivity index (χ0v) is 14.1. The van der Waals surface area contributed by atoms with Gasteiger partial charge in [-0.1, -0.05) is 42.1 Å². The van der Waals surface area contributed by atoms with E-state index < -0.39 is 5.25 Å². The van der Waals surface area contributed by atoms with Gasteiger partial charge < -0.3 is 10.6 Å². The Bertz CT molecular complexity index is 794. The maximum atomic E-state index is 12.9. The number of nitrogens with one attached hydrogen (secondary N) is 2. The Morgan fingerprint density at radius 2 is 1.88 bits per heavy atom. The number of nitrogens with zero attached hydrogens (tertiary/aromatic N) is 1. The highest BCUT2D eigenvalue weighted by molar-refractivity contribution is 8.15. The third-order valence-corrected chi connectivity index (χ3v) is 4.64. The van der Waals surface area contributed by atoms with Gasteiger partial charge in [0.15, 0.2) is 5.17 Å². The summed E-state index contributed by atoms with van der Waals surface area (Å²) in [5.74, 6) is -0.905. The summed E-state index contributed by atoms with van der Waals surface area (Å²) in [5.41, 5.74) is 1.54. The van der Waals surface area contributed by atoms with Gasteiger partial charge in [-0.15, -0.1) is 0 Å². The van der Waals surface area contributed by atoms with Gasteiger partial charge >= 0.3 is 0 Å².